The first-order valence-electron chi connectivity index (χ1n) is 9.91. The van der Waals surface area contributed by atoms with Crippen LogP contribution in [0, 0.1) is 0 Å². The number of nitrogens with one attached hydrogen (secondary N) is 1. The number of sulfonamides is 1. The predicted molar refractivity (Wildman–Crippen MR) is 111 cm³/mol. The summed E-state index contributed by atoms with van der Waals surface area (Å²) in [7, 11) is -3.40. The molecule has 1 amide bonds. The molecule has 2 aliphatic rings. The molecule has 2 heterocycles. The largest absolute Gasteiger partial charge is 0.355 e. The SMILES string of the molecule is O=C(Cc1ccc(S(=O)(=O)N2CCCC2)s1)NCC1(c2ccccc2)CCC1. The highest BCUT2D eigenvalue weighted by atomic mass is 32.2. The molecule has 0 radical (unpaired) electrons. The van der Waals surface area contributed by atoms with E-state index in [4.69, 9.17) is 0 Å². The molecule has 4 rings (SSSR count). The third-order valence-corrected chi connectivity index (χ3v) is 9.40. The third-order valence-electron chi connectivity index (χ3n) is 5.95. The summed E-state index contributed by atoms with van der Waals surface area (Å²) in [5.41, 5.74) is 1.34. The minimum atomic E-state index is -3.40. The first-order valence-corrected chi connectivity index (χ1v) is 12.2. The van der Waals surface area contributed by atoms with Crippen LogP contribution in [-0.4, -0.2) is 38.3 Å². The standard InChI is InChI=1S/C21H26N2O3S2/c24-19(22-16-21(11-6-12-21)17-7-2-1-3-8-17)15-18-9-10-20(27-18)28(25,26)23-13-4-5-14-23/h1-3,7-10H,4-6,11-16H2,(H,22,24). The second kappa shape index (κ2) is 7.97. The van der Waals surface area contributed by atoms with Crippen LogP contribution < -0.4 is 5.32 Å². The highest BCUT2D eigenvalue weighted by Gasteiger charge is 2.38. The van der Waals surface area contributed by atoms with E-state index in [1.165, 1.54) is 23.3 Å². The van der Waals surface area contributed by atoms with Crippen molar-refractivity contribution in [3.63, 3.8) is 0 Å². The Morgan fingerprint density at radius 2 is 1.75 bits per heavy atom. The number of hydrogen-bond donors (Lipinski definition) is 1. The fraction of sp³-hybridized carbons (Fsp3) is 0.476. The molecule has 1 aromatic carbocycles. The lowest BCUT2D eigenvalue weighted by molar-refractivity contribution is -0.120. The highest BCUT2D eigenvalue weighted by molar-refractivity contribution is 7.91. The van der Waals surface area contributed by atoms with Crippen LogP contribution in [-0.2, 0) is 26.7 Å². The average molecular weight is 419 g/mol. The molecule has 7 heteroatoms. The minimum absolute atomic E-state index is 0.0471. The Labute approximate surface area is 170 Å². The van der Waals surface area contributed by atoms with Crippen LogP contribution in [0.3, 0.4) is 0 Å². The number of rotatable bonds is 7. The zero-order valence-corrected chi connectivity index (χ0v) is 17.5. The van der Waals surface area contributed by atoms with Crippen LogP contribution in [0.5, 0.6) is 0 Å². The van der Waals surface area contributed by atoms with Crippen molar-refractivity contribution in [3.8, 4) is 0 Å². The lowest BCUT2D eigenvalue weighted by Crippen LogP contribution is -2.45. The van der Waals surface area contributed by atoms with Crippen molar-refractivity contribution < 1.29 is 13.2 Å². The Balaban J connectivity index is 1.36. The van der Waals surface area contributed by atoms with E-state index in [1.807, 2.05) is 18.2 Å². The maximum atomic E-state index is 12.6. The van der Waals surface area contributed by atoms with Crippen molar-refractivity contribution in [2.75, 3.05) is 19.6 Å². The van der Waals surface area contributed by atoms with E-state index in [1.54, 1.807) is 16.4 Å². The van der Waals surface area contributed by atoms with E-state index >= 15 is 0 Å². The smallest absolute Gasteiger partial charge is 0.252 e. The zero-order valence-electron chi connectivity index (χ0n) is 15.9. The van der Waals surface area contributed by atoms with Crippen molar-refractivity contribution in [1.82, 2.24) is 9.62 Å². The lowest BCUT2D eigenvalue weighted by Gasteiger charge is -2.42. The van der Waals surface area contributed by atoms with Crippen LogP contribution in [0.4, 0.5) is 0 Å². The first-order chi connectivity index (χ1) is 13.5. The van der Waals surface area contributed by atoms with Gasteiger partial charge in [-0.3, -0.25) is 4.79 Å². The maximum Gasteiger partial charge on any atom is 0.252 e. The average Bonchev–Trinajstić information content (AvgIpc) is 3.34. The van der Waals surface area contributed by atoms with Gasteiger partial charge in [-0.15, -0.1) is 11.3 Å². The zero-order chi connectivity index (χ0) is 19.6. The van der Waals surface area contributed by atoms with E-state index < -0.39 is 10.0 Å². The van der Waals surface area contributed by atoms with Gasteiger partial charge >= 0.3 is 0 Å². The molecule has 28 heavy (non-hydrogen) atoms. The van der Waals surface area contributed by atoms with Crippen LogP contribution in [0.15, 0.2) is 46.7 Å². The summed E-state index contributed by atoms with van der Waals surface area (Å²) >= 11 is 1.21. The molecule has 1 aliphatic heterocycles. The summed E-state index contributed by atoms with van der Waals surface area (Å²) in [4.78, 5) is 13.3. The fourth-order valence-electron chi connectivity index (χ4n) is 4.10. The number of nitrogens with zero attached hydrogens (tertiary/aromatic N) is 1. The van der Waals surface area contributed by atoms with Gasteiger partial charge in [-0.05, 0) is 43.4 Å². The molecule has 0 bridgehead atoms. The molecule has 1 N–H and O–H groups in total. The van der Waals surface area contributed by atoms with Crippen molar-refractivity contribution in [2.45, 2.75) is 48.1 Å². The van der Waals surface area contributed by atoms with Gasteiger partial charge in [-0.25, -0.2) is 8.42 Å². The number of carbonyl (C=O) groups excluding carboxylic acids is 1. The van der Waals surface area contributed by atoms with E-state index in [0.29, 0.717) is 23.8 Å². The van der Waals surface area contributed by atoms with Gasteiger partial charge < -0.3 is 5.32 Å². The molecular weight excluding hydrogens is 392 g/mol. The van der Waals surface area contributed by atoms with Crippen molar-refractivity contribution in [1.29, 1.82) is 0 Å². The second-order valence-corrected chi connectivity index (χ2v) is 11.1. The van der Waals surface area contributed by atoms with E-state index in [9.17, 15) is 13.2 Å². The monoisotopic (exact) mass is 418 g/mol. The Kier molecular flexibility index (Phi) is 5.58. The molecule has 1 aliphatic carbocycles. The van der Waals surface area contributed by atoms with Crippen LogP contribution >= 0.6 is 11.3 Å². The van der Waals surface area contributed by atoms with Crippen LogP contribution in [0.25, 0.3) is 0 Å². The lowest BCUT2D eigenvalue weighted by atomic mass is 9.64. The fourth-order valence-corrected chi connectivity index (χ4v) is 7.12. The number of thiophene rings is 1. The molecule has 150 valence electrons. The Bertz CT molecular complexity index is 928. The first kappa shape index (κ1) is 19.6. The van der Waals surface area contributed by atoms with Crippen molar-refractivity contribution in [3.05, 3.63) is 52.9 Å². The van der Waals surface area contributed by atoms with Gasteiger partial charge in [0, 0.05) is 29.9 Å². The van der Waals surface area contributed by atoms with Gasteiger partial charge in [0.25, 0.3) is 10.0 Å². The molecule has 1 saturated carbocycles. The van der Waals surface area contributed by atoms with Crippen LogP contribution in [0.2, 0.25) is 0 Å². The molecule has 2 aromatic rings. The third kappa shape index (κ3) is 3.88. The Hall–Kier alpha value is -1.70. The summed E-state index contributed by atoms with van der Waals surface area (Å²) in [5.74, 6) is -0.0471. The quantitative estimate of drug-likeness (QED) is 0.750. The number of hydrogen-bond acceptors (Lipinski definition) is 4. The van der Waals surface area contributed by atoms with Gasteiger partial charge in [-0.1, -0.05) is 36.8 Å². The summed E-state index contributed by atoms with van der Waals surface area (Å²) < 4.78 is 27.1. The van der Waals surface area contributed by atoms with Gasteiger partial charge in [-0.2, -0.15) is 4.31 Å². The number of benzene rings is 1. The highest BCUT2D eigenvalue weighted by Crippen LogP contribution is 2.43. The van der Waals surface area contributed by atoms with Crippen LogP contribution in [0.1, 0.15) is 42.5 Å². The van der Waals surface area contributed by atoms with Gasteiger partial charge in [0.15, 0.2) is 0 Å². The summed E-state index contributed by atoms with van der Waals surface area (Å²) in [6.07, 6.45) is 5.44. The normalized spacial score (nSPS) is 19.3. The molecule has 5 nitrogen and oxygen atoms in total. The van der Waals surface area contributed by atoms with Gasteiger partial charge in [0.1, 0.15) is 4.21 Å². The Morgan fingerprint density at radius 1 is 1.04 bits per heavy atom. The molecule has 0 spiro atoms. The molecule has 1 saturated heterocycles. The van der Waals surface area contributed by atoms with Crippen molar-refractivity contribution >= 4 is 27.3 Å². The predicted octanol–water partition coefficient (Wildman–Crippen LogP) is 3.31. The van der Waals surface area contributed by atoms with Gasteiger partial charge in [0.2, 0.25) is 5.91 Å². The summed E-state index contributed by atoms with van der Waals surface area (Å²) in [6.45, 7) is 1.83. The molecule has 0 atom stereocenters. The van der Waals surface area contributed by atoms with E-state index in [-0.39, 0.29) is 17.7 Å². The van der Waals surface area contributed by atoms with E-state index in [2.05, 4.69) is 17.4 Å². The van der Waals surface area contributed by atoms with Gasteiger partial charge in [0.05, 0.1) is 6.42 Å². The number of amides is 1. The second-order valence-electron chi connectivity index (χ2n) is 7.79. The molecule has 1 aromatic heterocycles. The molecule has 2 fully saturated rings. The topological polar surface area (TPSA) is 66.5 Å². The molecular formula is C21H26N2O3S2. The minimum Gasteiger partial charge on any atom is -0.355 e. The summed E-state index contributed by atoms with van der Waals surface area (Å²) in [6, 6.07) is 13.8. The maximum absolute atomic E-state index is 12.6. The summed E-state index contributed by atoms with van der Waals surface area (Å²) in [5, 5.41) is 3.08. The Morgan fingerprint density at radius 3 is 2.39 bits per heavy atom. The number of carbonyl (C=O) groups is 1. The van der Waals surface area contributed by atoms with Crippen molar-refractivity contribution in [2.24, 2.45) is 0 Å². The molecule has 0 unspecified atom stereocenters. The van der Waals surface area contributed by atoms with E-state index in [0.717, 1.165) is 30.6 Å².